The number of carbonyl (C=O) groups excluding carboxylic acids is 1. The van der Waals surface area contributed by atoms with E-state index in [4.69, 9.17) is 4.42 Å². The van der Waals surface area contributed by atoms with Crippen LogP contribution < -0.4 is 0 Å². The number of amides is 1. The van der Waals surface area contributed by atoms with Gasteiger partial charge in [0.2, 0.25) is 15.9 Å². The van der Waals surface area contributed by atoms with Crippen LogP contribution in [0.3, 0.4) is 0 Å². The van der Waals surface area contributed by atoms with Crippen LogP contribution in [0.1, 0.15) is 31.2 Å². The van der Waals surface area contributed by atoms with Gasteiger partial charge in [-0.25, -0.2) is 8.42 Å². The fraction of sp³-hybridized carbons (Fsp3) is 0.435. The normalized spacial score (nSPS) is 27.2. The number of rotatable bonds is 5. The molecular weight excluding hydrogens is 416 g/mol. The zero-order valence-electron chi connectivity index (χ0n) is 17.6. The minimum Gasteiger partial charge on any atom is -0.472 e. The Balaban J connectivity index is 1.41. The second-order valence-corrected chi connectivity index (χ2v) is 10.4. The summed E-state index contributed by atoms with van der Waals surface area (Å²) in [5.41, 5.74) is -0.237. The van der Waals surface area contributed by atoms with Gasteiger partial charge in [-0.3, -0.25) is 4.79 Å². The van der Waals surface area contributed by atoms with Crippen molar-refractivity contribution in [2.75, 3.05) is 20.1 Å². The summed E-state index contributed by atoms with van der Waals surface area (Å²) in [4.78, 5) is 14.6. The molecule has 1 amide bonds. The van der Waals surface area contributed by atoms with E-state index in [0.717, 1.165) is 5.56 Å². The maximum atomic E-state index is 13.0. The predicted molar refractivity (Wildman–Crippen MR) is 116 cm³/mol. The number of β-amino-alcohol motifs (C(OH)–C–C–N with tert-alkyl or cyclic N) is 1. The smallest absolute Gasteiger partial charge is 0.246 e. The monoisotopic (exact) mass is 444 g/mol. The second-order valence-electron chi connectivity index (χ2n) is 8.51. The standard InChI is InChI=1S/C23H28N2O5S/c1-24(22(26)8-7-18-11-14-30-16-18)20-9-12-23(27)17-25(13-10-19(23)15-20)31(28,29)21-5-3-2-4-6-21/h2-8,11,14,16,19-20,27H,9-10,12-13,15,17H2,1H3/b8-7+/t19-,20+,23-/m1/s1. The van der Waals surface area contributed by atoms with Gasteiger partial charge in [0.15, 0.2) is 0 Å². The van der Waals surface area contributed by atoms with Crippen LogP contribution in [-0.4, -0.2) is 60.4 Å². The molecule has 31 heavy (non-hydrogen) atoms. The van der Waals surface area contributed by atoms with Crippen LogP contribution in [0.4, 0.5) is 0 Å². The molecule has 1 saturated carbocycles. The van der Waals surface area contributed by atoms with Crippen molar-refractivity contribution in [1.82, 2.24) is 9.21 Å². The first kappa shape index (κ1) is 21.8. The lowest BCUT2D eigenvalue weighted by atomic mass is 9.70. The van der Waals surface area contributed by atoms with E-state index in [2.05, 4.69) is 0 Å². The Morgan fingerprint density at radius 1 is 1.26 bits per heavy atom. The third kappa shape index (κ3) is 4.46. The minimum atomic E-state index is -3.63. The van der Waals surface area contributed by atoms with Gasteiger partial charge in [-0.05, 0) is 55.9 Å². The molecule has 2 fully saturated rings. The Kier molecular flexibility index (Phi) is 6.05. The maximum absolute atomic E-state index is 13.0. The molecule has 166 valence electrons. The van der Waals surface area contributed by atoms with Crippen molar-refractivity contribution in [3.8, 4) is 0 Å². The predicted octanol–water partition coefficient (Wildman–Crippen LogP) is 2.75. The number of furan rings is 1. The Bertz CT molecular complexity index is 1040. The number of likely N-dealkylation sites (N-methyl/N-ethyl adjacent to an activating group) is 1. The molecule has 1 N–H and O–H groups in total. The van der Waals surface area contributed by atoms with E-state index < -0.39 is 15.6 Å². The van der Waals surface area contributed by atoms with Crippen molar-refractivity contribution in [2.24, 2.45) is 5.92 Å². The number of sulfonamides is 1. The molecule has 2 aliphatic rings. The molecule has 4 rings (SSSR count). The summed E-state index contributed by atoms with van der Waals surface area (Å²) in [6.45, 7) is 0.467. The topological polar surface area (TPSA) is 91.1 Å². The number of nitrogens with zero attached hydrogens (tertiary/aromatic N) is 2. The number of hydrogen-bond donors (Lipinski definition) is 1. The third-order valence-electron chi connectivity index (χ3n) is 6.64. The lowest BCUT2D eigenvalue weighted by Crippen LogP contribution is -2.59. The van der Waals surface area contributed by atoms with Gasteiger partial charge in [0, 0.05) is 37.8 Å². The fourth-order valence-corrected chi connectivity index (χ4v) is 6.24. The quantitative estimate of drug-likeness (QED) is 0.716. The molecule has 2 aromatic rings. The lowest BCUT2D eigenvalue weighted by molar-refractivity contribution is -0.133. The molecule has 1 aliphatic heterocycles. The Labute approximate surface area is 183 Å². The molecule has 1 aromatic heterocycles. The van der Waals surface area contributed by atoms with E-state index in [1.165, 1.54) is 10.4 Å². The summed E-state index contributed by atoms with van der Waals surface area (Å²) >= 11 is 0. The molecule has 0 radical (unpaired) electrons. The molecule has 3 atom stereocenters. The molecule has 1 saturated heterocycles. The van der Waals surface area contributed by atoms with Gasteiger partial charge >= 0.3 is 0 Å². The van der Waals surface area contributed by atoms with Crippen LogP contribution >= 0.6 is 0 Å². The van der Waals surface area contributed by atoms with Crippen LogP contribution in [0.25, 0.3) is 6.08 Å². The van der Waals surface area contributed by atoms with E-state index in [-0.39, 0.29) is 29.3 Å². The molecule has 7 nitrogen and oxygen atoms in total. The van der Waals surface area contributed by atoms with Gasteiger partial charge in [0.05, 0.1) is 23.0 Å². The Morgan fingerprint density at radius 2 is 2.03 bits per heavy atom. The van der Waals surface area contributed by atoms with Crippen molar-refractivity contribution in [3.05, 3.63) is 60.6 Å². The summed E-state index contributed by atoms with van der Waals surface area (Å²) in [7, 11) is -1.85. The molecule has 0 unspecified atom stereocenters. The lowest BCUT2D eigenvalue weighted by Gasteiger charge is -2.50. The number of piperidine rings is 1. The molecule has 2 heterocycles. The van der Waals surface area contributed by atoms with Gasteiger partial charge in [-0.15, -0.1) is 0 Å². The van der Waals surface area contributed by atoms with Crippen LogP contribution in [0, 0.1) is 5.92 Å². The molecular formula is C23H28N2O5S. The summed E-state index contributed by atoms with van der Waals surface area (Å²) in [5.74, 6) is -0.137. The highest BCUT2D eigenvalue weighted by molar-refractivity contribution is 7.89. The first-order valence-electron chi connectivity index (χ1n) is 10.5. The highest BCUT2D eigenvalue weighted by Gasteiger charge is 2.49. The van der Waals surface area contributed by atoms with Gasteiger partial charge < -0.3 is 14.4 Å². The zero-order valence-corrected chi connectivity index (χ0v) is 18.4. The molecule has 0 spiro atoms. The highest BCUT2D eigenvalue weighted by Crippen LogP contribution is 2.42. The van der Waals surface area contributed by atoms with Crippen molar-refractivity contribution in [1.29, 1.82) is 0 Å². The Hall–Kier alpha value is -2.42. The summed E-state index contributed by atoms with van der Waals surface area (Å²) in [6.07, 6.45) is 8.71. The van der Waals surface area contributed by atoms with Gasteiger partial charge in [-0.2, -0.15) is 4.31 Å². The Morgan fingerprint density at radius 3 is 2.74 bits per heavy atom. The van der Waals surface area contributed by atoms with Crippen molar-refractivity contribution in [2.45, 2.75) is 42.2 Å². The number of hydrogen-bond acceptors (Lipinski definition) is 5. The van der Waals surface area contributed by atoms with Crippen molar-refractivity contribution >= 4 is 22.0 Å². The molecule has 1 aromatic carbocycles. The van der Waals surface area contributed by atoms with E-state index in [0.29, 0.717) is 32.2 Å². The number of aliphatic hydroxyl groups is 1. The third-order valence-corrected chi connectivity index (χ3v) is 8.50. The number of benzene rings is 1. The molecule has 0 bridgehead atoms. The SMILES string of the molecule is CN(C(=O)/C=C/c1ccoc1)[C@H]1CC[C@@]2(O)CN(S(=O)(=O)c3ccccc3)CC[C@@H]2C1. The van der Waals surface area contributed by atoms with Gasteiger partial charge in [-0.1, -0.05) is 18.2 Å². The van der Waals surface area contributed by atoms with E-state index in [1.807, 2.05) is 0 Å². The van der Waals surface area contributed by atoms with Crippen LogP contribution in [-0.2, 0) is 14.8 Å². The number of fused-ring (bicyclic) bond motifs is 1. The second kappa shape index (κ2) is 8.61. The largest absolute Gasteiger partial charge is 0.472 e. The number of carbonyl (C=O) groups is 1. The van der Waals surface area contributed by atoms with Crippen molar-refractivity contribution in [3.63, 3.8) is 0 Å². The van der Waals surface area contributed by atoms with E-state index in [1.54, 1.807) is 66.9 Å². The highest BCUT2D eigenvalue weighted by atomic mass is 32.2. The fourth-order valence-electron chi connectivity index (χ4n) is 4.70. The van der Waals surface area contributed by atoms with Gasteiger partial charge in [0.25, 0.3) is 0 Å². The average molecular weight is 445 g/mol. The first-order chi connectivity index (χ1) is 14.8. The first-order valence-corrected chi connectivity index (χ1v) is 12.0. The van der Waals surface area contributed by atoms with Gasteiger partial charge in [0.1, 0.15) is 0 Å². The molecule has 1 aliphatic carbocycles. The molecule has 8 heteroatoms. The van der Waals surface area contributed by atoms with E-state index in [9.17, 15) is 18.3 Å². The average Bonchev–Trinajstić information content (AvgIpc) is 3.30. The van der Waals surface area contributed by atoms with Crippen LogP contribution in [0.2, 0.25) is 0 Å². The summed E-state index contributed by atoms with van der Waals surface area (Å²) < 4.78 is 32.4. The minimum absolute atomic E-state index is 0.0176. The van der Waals surface area contributed by atoms with E-state index >= 15 is 0 Å². The summed E-state index contributed by atoms with van der Waals surface area (Å²) in [6, 6.07) is 10.1. The van der Waals surface area contributed by atoms with Crippen LogP contribution in [0.5, 0.6) is 0 Å². The van der Waals surface area contributed by atoms with Crippen LogP contribution in [0.15, 0.2) is 64.3 Å². The zero-order chi connectivity index (χ0) is 22.1. The van der Waals surface area contributed by atoms with Crippen molar-refractivity contribution < 1.29 is 22.7 Å². The maximum Gasteiger partial charge on any atom is 0.246 e. The summed E-state index contributed by atoms with van der Waals surface area (Å²) in [5, 5.41) is 11.3.